The van der Waals surface area contributed by atoms with Crippen LogP contribution in [0.4, 0.5) is 4.79 Å². The predicted octanol–water partition coefficient (Wildman–Crippen LogP) is 2.18. The molecule has 96 heavy (non-hydrogen) atoms. The highest BCUT2D eigenvalue weighted by Crippen LogP contribution is 2.45. The van der Waals surface area contributed by atoms with E-state index in [0.29, 0.717) is 28.9 Å². The standard InChI is InChI=1S/C65H93N13O17S/c1-33-34(2)52(35(3)43-31-65(13,14)95-51(33)43)96(90,91)78-61(68)70-28-19-25-45(56(84)71-38(6)55(83)76-47(29-49(79)93-63(7,8)9)57(85)72-37(5)54(82)75-46(59(87)88)26-20-27-69-60(66)67)74-53(81)36(4)73-58(86)48(30-50(80)94-64(10,11)12)77-62(89)92-32-44-41-23-17-15-21-39(41)40-22-16-18-24-42(40)44/h15-18,21-24,36-38,44-48H,19-20,25-32H2,1-14H3,(H,71,84)(H,72,85)(H,73,86)(H,74,81)(H,75,82)(H,76,83)(H,77,89)(H,87,88)(H4,66,67,69)(H3,68,70,78)/t36-,37-,38-,45-,46-,47-,48-/m0/s1. The maximum atomic E-state index is 14.4. The summed E-state index contributed by atoms with van der Waals surface area (Å²) >= 11 is 0. The minimum Gasteiger partial charge on any atom is -0.487 e. The largest absolute Gasteiger partial charge is 0.487 e. The number of carboxylic acids is 1. The molecule has 0 radical (unpaired) electrons. The number of sulfonamides is 1. The van der Waals surface area contributed by atoms with Crippen molar-refractivity contribution < 1.29 is 80.4 Å². The Balaban J connectivity index is 1.35. The lowest BCUT2D eigenvalue weighted by atomic mass is 9.94. The van der Waals surface area contributed by atoms with E-state index >= 15 is 0 Å². The van der Waals surface area contributed by atoms with Crippen LogP contribution in [0.15, 0.2) is 63.4 Å². The van der Waals surface area contributed by atoms with Crippen molar-refractivity contribution in [1.29, 1.82) is 0 Å². The lowest BCUT2D eigenvalue weighted by Crippen LogP contribution is -2.59. The summed E-state index contributed by atoms with van der Waals surface area (Å²) in [7, 11) is -4.34. The first-order chi connectivity index (χ1) is 44.6. The van der Waals surface area contributed by atoms with Crippen molar-refractivity contribution in [3.63, 3.8) is 0 Å². The Morgan fingerprint density at radius 2 is 1.03 bits per heavy atom. The van der Waals surface area contributed by atoms with Gasteiger partial charge in [-0.3, -0.25) is 48.3 Å². The fourth-order valence-electron chi connectivity index (χ4n) is 10.7. The Bertz CT molecular complexity index is 3570. The molecule has 2 aliphatic rings. The number of aliphatic imine (C=N–C) groups is 2. The van der Waals surface area contributed by atoms with E-state index in [-0.39, 0.29) is 62.2 Å². The van der Waals surface area contributed by atoms with Crippen LogP contribution in [0.3, 0.4) is 0 Å². The summed E-state index contributed by atoms with van der Waals surface area (Å²) in [5.41, 5.74) is 20.2. The molecule has 0 bridgehead atoms. The zero-order valence-electron chi connectivity index (χ0n) is 56.8. The average molecular weight is 1360 g/mol. The quantitative estimate of drug-likeness (QED) is 0.0150. The Morgan fingerprint density at radius 3 is 1.50 bits per heavy atom. The van der Waals surface area contributed by atoms with Gasteiger partial charge in [-0.05, 0) is 162 Å². The number of carbonyl (C=O) groups is 10. The number of hydrogen-bond acceptors (Lipinski definition) is 18. The molecule has 3 aromatic carbocycles. The molecule has 3 aromatic rings. The molecule has 7 amide bonds. The Morgan fingerprint density at radius 1 is 0.604 bits per heavy atom. The molecule has 1 heterocycles. The molecule has 0 aromatic heterocycles. The van der Waals surface area contributed by atoms with Gasteiger partial charge in [-0.15, -0.1) is 0 Å². The monoisotopic (exact) mass is 1360 g/mol. The molecule has 30 nitrogen and oxygen atoms in total. The summed E-state index contributed by atoms with van der Waals surface area (Å²) in [4.78, 5) is 144. The van der Waals surface area contributed by atoms with Crippen molar-refractivity contribution in [2.45, 2.75) is 212 Å². The number of fused-ring (bicyclic) bond motifs is 4. The van der Waals surface area contributed by atoms with Crippen LogP contribution in [0.2, 0.25) is 0 Å². The fourth-order valence-corrected chi connectivity index (χ4v) is 12.2. The summed E-state index contributed by atoms with van der Waals surface area (Å²) < 4.78 is 53.0. The van der Waals surface area contributed by atoms with Crippen LogP contribution in [-0.2, 0) is 73.8 Å². The maximum Gasteiger partial charge on any atom is 0.407 e. The van der Waals surface area contributed by atoms with Crippen molar-refractivity contribution in [3.8, 4) is 16.9 Å². The highest BCUT2D eigenvalue weighted by molar-refractivity contribution is 7.90. The van der Waals surface area contributed by atoms with Gasteiger partial charge in [0.15, 0.2) is 5.96 Å². The van der Waals surface area contributed by atoms with Crippen LogP contribution in [0.5, 0.6) is 5.75 Å². The summed E-state index contributed by atoms with van der Waals surface area (Å²) in [5.74, 6) is -9.87. The number of aliphatic carboxylic acids is 1. The van der Waals surface area contributed by atoms with Gasteiger partial charge in [0.25, 0.3) is 10.0 Å². The van der Waals surface area contributed by atoms with Gasteiger partial charge in [0.05, 0.1) is 17.7 Å². The third-order valence-electron chi connectivity index (χ3n) is 15.3. The van der Waals surface area contributed by atoms with Crippen molar-refractivity contribution in [1.82, 2.24) is 41.9 Å². The van der Waals surface area contributed by atoms with Crippen LogP contribution < -0.4 is 63.9 Å². The topological polar surface area (TPSA) is 461 Å². The molecule has 1 aliphatic carbocycles. The minimum absolute atomic E-state index is 0.00450. The minimum atomic E-state index is -4.34. The second-order valence-corrected chi connectivity index (χ2v) is 27.9. The molecule has 0 unspecified atom stereocenters. The van der Waals surface area contributed by atoms with Gasteiger partial charge in [-0.2, -0.15) is 0 Å². The van der Waals surface area contributed by atoms with E-state index in [0.717, 1.165) is 27.8 Å². The molecule has 526 valence electrons. The molecular weight excluding hydrogens is 1270 g/mol. The molecule has 0 saturated heterocycles. The highest BCUT2D eigenvalue weighted by atomic mass is 32.2. The first-order valence-corrected chi connectivity index (χ1v) is 32.9. The molecule has 15 N–H and O–H groups in total. The number of guanidine groups is 2. The van der Waals surface area contributed by atoms with E-state index < -0.39 is 147 Å². The molecule has 0 saturated carbocycles. The van der Waals surface area contributed by atoms with Crippen LogP contribution >= 0.6 is 0 Å². The number of nitrogens with zero attached hydrogens (tertiary/aromatic N) is 2. The van der Waals surface area contributed by atoms with Crippen LogP contribution in [0, 0.1) is 20.8 Å². The predicted molar refractivity (Wildman–Crippen MR) is 354 cm³/mol. The Hall–Kier alpha value is -9.55. The molecule has 0 spiro atoms. The number of nitrogens with one attached hydrogen (secondary N) is 8. The normalized spacial score (nSPS) is 15.5. The van der Waals surface area contributed by atoms with Gasteiger partial charge in [0, 0.05) is 31.0 Å². The zero-order valence-corrected chi connectivity index (χ0v) is 57.6. The second kappa shape index (κ2) is 32.7. The first kappa shape index (κ1) is 77.2. The van der Waals surface area contributed by atoms with Gasteiger partial charge < -0.3 is 78.5 Å². The number of rotatable bonds is 30. The van der Waals surface area contributed by atoms with Crippen molar-refractivity contribution in [2.24, 2.45) is 27.2 Å². The van der Waals surface area contributed by atoms with Crippen molar-refractivity contribution in [3.05, 3.63) is 81.9 Å². The molecule has 0 fully saturated rings. The van der Waals surface area contributed by atoms with Crippen molar-refractivity contribution >= 4 is 81.4 Å². The number of hydrogen-bond donors (Lipinski definition) is 12. The Labute approximate surface area is 559 Å². The number of alkyl carbamates (subject to hydrolysis) is 1. The Kier molecular flexibility index (Phi) is 26.3. The maximum absolute atomic E-state index is 14.4. The van der Waals surface area contributed by atoms with Gasteiger partial charge in [0.1, 0.15) is 71.5 Å². The summed E-state index contributed by atoms with van der Waals surface area (Å²) in [6.45, 7) is 21.7. The zero-order chi connectivity index (χ0) is 71.9. The third-order valence-corrected chi connectivity index (χ3v) is 17.0. The molecule has 5 rings (SSSR count). The number of benzene rings is 3. The molecule has 7 atom stereocenters. The third kappa shape index (κ3) is 22.3. The number of carbonyl (C=O) groups excluding carboxylic acids is 9. The summed E-state index contributed by atoms with van der Waals surface area (Å²) in [6, 6.07) is 4.29. The van der Waals surface area contributed by atoms with E-state index in [1.807, 2.05) is 62.4 Å². The second-order valence-electron chi connectivity index (χ2n) is 26.3. The van der Waals surface area contributed by atoms with Gasteiger partial charge in [0.2, 0.25) is 41.4 Å². The van der Waals surface area contributed by atoms with Crippen molar-refractivity contribution in [2.75, 3.05) is 19.7 Å². The van der Waals surface area contributed by atoms with E-state index in [4.69, 9.17) is 36.1 Å². The number of nitrogens with two attached hydrogens (primary N) is 3. The lowest BCUT2D eigenvalue weighted by Gasteiger charge is -2.26. The van der Waals surface area contributed by atoms with Crippen LogP contribution in [-0.4, -0.2) is 164 Å². The van der Waals surface area contributed by atoms with E-state index in [1.165, 1.54) is 20.8 Å². The summed E-state index contributed by atoms with van der Waals surface area (Å²) in [6.07, 6.45) is -2.45. The number of carboxylic acid groups (broad SMARTS) is 1. The van der Waals surface area contributed by atoms with Crippen LogP contribution in [0.1, 0.15) is 154 Å². The van der Waals surface area contributed by atoms with E-state index in [2.05, 4.69) is 51.9 Å². The van der Waals surface area contributed by atoms with E-state index in [1.54, 1.807) is 62.3 Å². The lowest BCUT2D eigenvalue weighted by molar-refractivity contribution is -0.157. The molecular formula is C65H93N13O17S. The van der Waals surface area contributed by atoms with Gasteiger partial charge in [-0.25, -0.2) is 22.7 Å². The number of amides is 7. The average Bonchev–Trinajstić information content (AvgIpc) is 1.56. The van der Waals surface area contributed by atoms with Gasteiger partial charge in [-0.1, -0.05) is 48.5 Å². The van der Waals surface area contributed by atoms with Gasteiger partial charge >= 0.3 is 24.0 Å². The highest BCUT2D eigenvalue weighted by Gasteiger charge is 2.39. The number of esters is 2. The van der Waals surface area contributed by atoms with Crippen LogP contribution in [0.25, 0.3) is 11.1 Å². The molecule has 31 heteroatoms. The fraction of sp³-hybridized carbons (Fsp3) is 0.538. The van der Waals surface area contributed by atoms with E-state index in [9.17, 15) is 61.5 Å². The SMILES string of the molecule is Cc1c(C)c(S(=O)(=O)NC(N)=NCCC[C@H](NC(=O)[C@H](C)NC(=O)[C@H](CC(=O)OC(C)(C)C)NC(=O)OCC2c3ccccc3-c3ccccc32)C(=O)N[C@@H](C)C(=O)N[C@@H](CC(=O)OC(C)(C)C)C(=O)N[C@@H](C)C(=O)N[C@@H](CCCN=C(N)N)C(=O)O)c(C)c2c1OC(C)(C)C2. The molecule has 1 aliphatic heterocycles. The first-order valence-electron chi connectivity index (χ1n) is 31.4. The number of ether oxygens (including phenoxy) is 4. The summed E-state index contributed by atoms with van der Waals surface area (Å²) in [5, 5.41) is 26.7. The smallest absolute Gasteiger partial charge is 0.407 e.